The van der Waals surface area contributed by atoms with Crippen molar-refractivity contribution in [1.29, 1.82) is 0 Å². The van der Waals surface area contributed by atoms with Crippen molar-refractivity contribution < 1.29 is 19.4 Å². The summed E-state index contributed by atoms with van der Waals surface area (Å²) < 4.78 is 11.0. The van der Waals surface area contributed by atoms with E-state index in [0.29, 0.717) is 24.9 Å². The lowest BCUT2D eigenvalue weighted by Gasteiger charge is -2.21. The molecule has 2 fully saturated rings. The molecule has 0 unspecified atom stereocenters. The highest BCUT2D eigenvalue weighted by molar-refractivity contribution is 5.93. The number of hydrogen-bond donors (Lipinski definition) is 1. The summed E-state index contributed by atoms with van der Waals surface area (Å²) in [6.45, 7) is 3.31. The normalized spacial score (nSPS) is 27.7. The Hall–Kier alpha value is -1.66. The van der Waals surface area contributed by atoms with Crippen LogP contribution in [-0.2, 0) is 22.7 Å². The molecule has 4 heterocycles. The topological polar surface area (TPSA) is 71.9 Å². The molecule has 2 saturated heterocycles. The molecule has 3 aliphatic rings. The number of rotatable bonds is 2. The van der Waals surface area contributed by atoms with Crippen LogP contribution >= 0.6 is 0 Å². The Kier molecular flexibility index (Phi) is 2.68. The monoisotopic (exact) mass is 276 g/mol. The van der Waals surface area contributed by atoms with E-state index in [2.05, 4.69) is 9.88 Å². The summed E-state index contributed by atoms with van der Waals surface area (Å²) >= 11 is 0. The zero-order chi connectivity index (χ0) is 13.7. The van der Waals surface area contributed by atoms with Crippen molar-refractivity contribution in [3.63, 3.8) is 0 Å². The maximum Gasteiger partial charge on any atom is 0.339 e. The Morgan fingerprint density at radius 1 is 1.40 bits per heavy atom. The summed E-state index contributed by atoms with van der Waals surface area (Å²) in [6.07, 6.45) is 1.28. The standard InChI is InChI=1S/C14H16N2O4/c17-14(18)10-3-9-6-19-7-11(9)15-13(10)16-4-8-1-2-20-12(8)5-16/h3,8,12H,1-2,4-7H2,(H,17,18)/t8-,12+/m1/s1. The summed E-state index contributed by atoms with van der Waals surface area (Å²) in [5, 5.41) is 9.42. The van der Waals surface area contributed by atoms with Crippen LogP contribution in [-0.4, -0.2) is 41.9 Å². The first-order chi connectivity index (χ1) is 9.72. The third-order valence-electron chi connectivity index (χ3n) is 4.40. The van der Waals surface area contributed by atoms with Gasteiger partial charge in [-0.1, -0.05) is 0 Å². The van der Waals surface area contributed by atoms with Gasteiger partial charge >= 0.3 is 5.97 Å². The Balaban J connectivity index is 1.72. The number of fused-ring (bicyclic) bond motifs is 2. The molecule has 1 N–H and O–H groups in total. The van der Waals surface area contributed by atoms with Gasteiger partial charge in [0, 0.05) is 31.2 Å². The first kappa shape index (κ1) is 12.1. The van der Waals surface area contributed by atoms with Crippen molar-refractivity contribution in [2.24, 2.45) is 5.92 Å². The second-order valence-electron chi connectivity index (χ2n) is 5.63. The Labute approximate surface area is 116 Å². The number of pyridine rings is 1. The third-order valence-corrected chi connectivity index (χ3v) is 4.40. The van der Waals surface area contributed by atoms with Crippen LogP contribution in [0.3, 0.4) is 0 Å². The molecule has 3 aliphatic heterocycles. The van der Waals surface area contributed by atoms with Gasteiger partial charge in [-0.15, -0.1) is 0 Å². The Morgan fingerprint density at radius 3 is 3.10 bits per heavy atom. The van der Waals surface area contributed by atoms with Gasteiger partial charge in [0.15, 0.2) is 0 Å². The largest absolute Gasteiger partial charge is 0.478 e. The molecule has 0 saturated carbocycles. The number of anilines is 1. The molecular formula is C14H16N2O4. The van der Waals surface area contributed by atoms with E-state index in [1.807, 2.05) is 0 Å². The van der Waals surface area contributed by atoms with Gasteiger partial charge in [-0.25, -0.2) is 9.78 Å². The van der Waals surface area contributed by atoms with E-state index in [9.17, 15) is 9.90 Å². The molecule has 1 aromatic heterocycles. The van der Waals surface area contributed by atoms with Gasteiger partial charge in [-0.3, -0.25) is 0 Å². The number of nitrogens with zero attached hydrogens (tertiary/aromatic N) is 2. The van der Waals surface area contributed by atoms with Gasteiger partial charge in [0.25, 0.3) is 0 Å². The molecule has 0 aliphatic carbocycles. The summed E-state index contributed by atoms with van der Waals surface area (Å²) in [5.74, 6) is 0.142. The minimum atomic E-state index is -0.930. The maximum atomic E-state index is 11.5. The number of ether oxygens (including phenoxy) is 2. The zero-order valence-electron chi connectivity index (χ0n) is 11.0. The second kappa shape index (κ2) is 4.43. The first-order valence-corrected chi connectivity index (χ1v) is 6.93. The molecular weight excluding hydrogens is 260 g/mol. The summed E-state index contributed by atoms with van der Waals surface area (Å²) in [7, 11) is 0. The zero-order valence-corrected chi connectivity index (χ0v) is 11.0. The SMILES string of the molecule is O=C(O)c1cc2c(nc1N1C[C@H]3CCO[C@H]3C1)COC2. The summed E-state index contributed by atoms with van der Waals surface area (Å²) in [6, 6.07) is 1.71. The predicted molar refractivity (Wildman–Crippen MR) is 69.7 cm³/mol. The van der Waals surface area contributed by atoms with E-state index < -0.39 is 5.97 Å². The van der Waals surface area contributed by atoms with Crippen molar-refractivity contribution in [1.82, 2.24) is 4.98 Å². The average Bonchev–Trinajstić information content (AvgIpc) is 3.11. The molecule has 106 valence electrons. The number of carbonyl (C=O) groups is 1. The lowest BCUT2D eigenvalue weighted by molar-refractivity contribution is 0.0696. The molecule has 2 atom stereocenters. The molecule has 1 aromatic rings. The molecule has 0 aromatic carbocycles. The molecule has 0 spiro atoms. The van der Waals surface area contributed by atoms with Crippen molar-refractivity contribution in [2.45, 2.75) is 25.7 Å². The van der Waals surface area contributed by atoms with Crippen LogP contribution in [0.4, 0.5) is 5.82 Å². The molecule has 20 heavy (non-hydrogen) atoms. The lowest BCUT2D eigenvalue weighted by Crippen LogP contribution is -2.26. The van der Waals surface area contributed by atoms with E-state index in [0.717, 1.165) is 37.4 Å². The van der Waals surface area contributed by atoms with E-state index in [-0.39, 0.29) is 11.7 Å². The smallest absolute Gasteiger partial charge is 0.339 e. The van der Waals surface area contributed by atoms with Gasteiger partial charge in [-0.2, -0.15) is 0 Å². The summed E-state index contributed by atoms with van der Waals surface area (Å²) in [4.78, 5) is 18.1. The van der Waals surface area contributed by atoms with Crippen LogP contribution in [0.15, 0.2) is 6.07 Å². The molecule has 6 nitrogen and oxygen atoms in total. The number of hydrogen-bond acceptors (Lipinski definition) is 5. The lowest BCUT2D eigenvalue weighted by atomic mass is 10.1. The van der Waals surface area contributed by atoms with Gasteiger partial charge in [0.2, 0.25) is 0 Å². The highest BCUT2D eigenvalue weighted by Gasteiger charge is 2.39. The fourth-order valence-corrected chi connectivity index (χ4v) is 3.34. The number of aromatic nitrogens is 1. The van der Waals surface area contributed by atoms with Crippen molar-refractivity contribution in [3.05, 3.63) is 22.9 Å². The van der Waals surface area contributed by atoms with Crippen LogP contribution in [0.25, 0.3) is 0 Å². The van der Waals surface area contributed by atoms with Gasteiger partial charge < -0.3 is 19.5 Å². The van der Waals surface area contributed by atoms with Crippen molar-refractivity contribution in [3.8, 4) is 0 Å². The van der Waals surface area contributed by atoms with Gasteiger partial charge in [-0.05, 0) is 12.5 Å². The minimum Gasteiger partial charge on any atom is -0.478 e. The average molecular weight is 276 g/mol. The molecule has 0 amide bonds. The Morgan fingerprint density at radius 2 is 2.30 bits per heavy atom. The van der Waals surface area contributed by atoms with Crippen molar-refractivity contribution in [2.75, 3.05) is 24.6 Å². The Bertz CT molecular complexity index is 563. The van der Waals surface area contributed by atoms with Gasteiger partial charge in [0.1, 0.15) is 11.4 Å². The summed E-state index contributed by atoms with van der Waals surface area (Å²) in [5.41, 5.74) is 2.03. The fourth-order valence-electron chi connectivity index (χ4n) is 3.34. The number of aromatic carboxylic acids is 1. The number of carboxylic acids is 1. The fraction of sp³-hybridized carbons (Fsp3) is 0.571. The van der Waals surface area contributed by atoms with E-state index in [1.165, 1.54) is 0 Å². The first-order valence-electron chi connectivity index (χ1n) is 6.93. The van der Waals surface area contributed by atoms with Crippen LogP contribution in [0.5, 0.6) is 0 Å². The molecule has 4 rings (SSSR count). The quantitative estimate of drug-likeness (QED) is 0.870. The van der Waals surface area contributed by atoms with E-state index in [1.54, 1.807) is 6.07 Å². The number of carboxylic acid groups (broad SMARTS) is 1. The van der Waals surface area contributed by atoms with Crippen molar-refractivity contribution >= 4 is 11.8 Å². The molecule has 0 radical (unpaired) electrons. The van der Waals surface area contributed by atoms with E-state index >= 15 is 0 Å². The van der Waals surface area contributed by atoms with Crippen LogP contribution in [0.1, 0.15) is 28.0 Å². The highest BCUT2D eigenvalue weighted by atomic mass is 16.5. The second-order valence-corrected chi connectivity index (χ2v) is 5.63. The van der Waals surface area contributed by atoms with Crippen LogP contribution < -0.4 is 4.90 Å². The molecule has 6 heteroatoms. The van der Waals surface area contributed by atoms with Gasteiger partial charge in [0.05, 0.1) is 25.0 Å². The van der Waals surface area contributed by atoms with Crippen LogP contribution in [0.2, 0.25) is 0 Å². The molecule has 0 bridgehead atoms. The predicted octanol–water partition coefficient (Wildman–Crippen LogP) is 1.04. The highest BCUT2D eigenvalue weighted by Crippen LogP contribution is 2.34. The maximum absolute atomic E-state index is 11.5. The third kappa shape index (κ3) is 1.79. The minimum absolute atomic E-state index is 0.225. The van der Waals surface area contributed by atoms with Crippen LogP contribution in [0, 0.1) is 5.92 Å². The van der Waals surface area contributed by atoms with E-state index in [4.69, 9.17) is 9.47 Å².